The molecule has 0 bridgehead atoms. The number of amides is 1. The fourth-order valence-electron chi connectivity index (χ4n) is 1.95. The Labute approximate surface area is 139 Å². The third-order valence-electron chi connectivity index (χ3n) is 3.04. The number of carbonyl (C=O) groups excluding carboxylic acids is 1. The summed E-state index contributed by atoms with van der Waals surface area (Å²) in [6, 6.07) is 13.0. The maximum atomic E-state index is 12.9. The van der Waals surface area contributed by atoms with Crippen LogP contribution in [0.5, 0.6) is 0 Å². The van der Waals surface area contributed by atoms with Crippen LogP contribution < -0.4 is 5.32 Å². The third kappa shape index (κ3) is 4.01. The van der Waals surface area contributed by atoms with Crippen LogP contribution >= 0.6 is 15.9 Å². The maximum absolute atomic E-state index is 12.9. The minimum atomic E-state index is -0.344. The topological polar surface area (TPSA) is 68.0 Å². The Kier molecular flexibility index (Phi) is 4.47. The highest BCUT2D eigenvalue weighted by Gasteiger charge is 2.12. The van der Waals surface area contributed by atoms with Gasteiger partial charge in [0.05, 0.1) is 6.42 Å². The van der Waals surface area contributed by atoms with Crippen LogP contribution in [0.2, 0.25) is 0 Å². The molecule has 2 aromatic carbocycles. The van der Waals surface area contributed by atoms with Crippen molar-refractivity contribution in [3.63, 3.8) is 0 Å². The van der Waals surface area contributed by atoms with E-state index in [1.54, 1.807) is 30.3 Å². The standard InChI is InChI=1S/C16H11BrFN3O2/c17-12-3-1-2-11(9-12)15(22)19-16-21-20-14(23-16)8-10-4-6-13(18)7-5-10/h1-7,9H,8H2,(H,19,21,22). The van der Waals surface area contributed by atoms with Crippen molar-refractivity contribution >= 4 is 27.9 Å². The molecule has 0 unspecified atom stereocenters. The van der Waals surface area contributed by atoms with Crippen molar-refractivity contribution in [2.24, 2.45) is 0 Å². The molecular formula is C16H11BrFN3O2. The van der Waals surface area contributed by atoms with Gasteiger partial charge in [0.2, 0.25) is 5.89 Å². The number of halogens is 2. The first-order chi connectivity index (χ1) is 11.1. The van der Waals surface area contributed by atoms with E-state index in [0.29, 0.717) is 17.9 Å². The first-order valence-corrected chi connectivity index (χ1v) is 7.53. The number of nitrogens with one attached hydrogen (secondary N) is 1. The molecule has 116 valence electrons. The number of aromatic nitrogens is 2. The van der Waals surface area contributed by atoms with Crippen LogP contribution in [0, 0.1) is 5.82 Å². The average molecular weight is 376 g/mol. The highest BCUT2D eigenvalue weighted by Crippen LogP contribution is 2.15. The molecule has 3 rings (SSSR count). The van der Waals surface area contributed by atoms with Crippen LogP contribution in [0.25, 0.3) is 0 Å². The van der Waals surface area contributed by atoms with Gasteiger partial charge in [0.15, 0.2) is 0 Å². The van der Waals surface area contributed by atoms with Gasteiger partial charge in [-0.2, -0.15) is 0 Å². The highest BCUT2D eigenvalue weighted by atomic mass is 79.9. The van der Waals surface area contributed by atoms with E-state index < -0.39 is 0 Å². The lowest BCUT2D eigenvalue weighted by molar-refractivity contribution is 0.102. The van der Waals surface area contributed by atoms with Crippen molar-refractivity contribution in [3.05, 3.63) is 75.8 Å². The zero-order valence-electron chi connectivity index (χ0n) is 11.8. The quantitative estimate of drug-likeness (QED) is 0.752. The van der Waals surface area contributed by atoms with E-state index in [2.05, 4.69) is 31.4 Å². The predicted octanol–water partition coefficient (Wildman–Crippen LogP) is 3.81. The van der Waals surface area contributed by atoms with Gasteiger partial charge >= 0.3 is 6.01 Å². The lowest BCUT2D eigenvalue weighted by Gasteiger charge is -2.01. The summed E-state index contributed by atoms with van der Waals surface area (Å²) < 4.78 is 19.0. The summed E-state index contributed by atoms with van der Waals surface area (Å²) >= 11 is 3.30. The van der Waals surface area contributed by atoms with Gasteiger partial charge in [0.1, 0.15) is 5.82 Å². The van der Waals surface area contributed by atoms with E-state index in [0.717, 1.165) is 10.0 Å². The van der Waals surface area contributed by atoms with E-state index in [1.807, 2.05) is 6.07 Å². The van der Waals surface area contributed by atoms with Crippen LogP contribution in [0.3, 0.4) is 0 Å². The number of hydrogen-bond donors (Lipinski definition) is 1. The summed E-state index contributed by atoms with van der Waals surface area (Å²) in [7, 11) is 0. The molecule has 5 nitrogen and oxygen atoms in total. The van der Waals surface area contributed by atoms with Gasteiger partial charge in [-0.15, -0.1) is 5.10 Å². The molecule has 0 saturated heterocycles. The second kappa shape index (κ2) is 6.70. The Morgan fingerprint density at radius 3 is 2.70 bits per heavy atom. The van der Waals surface area contributed by atoms with Gasteiger partial charge in [-0.05, 0) is 35.9 Å². The van der Waals surface area contributed by atoms with E-state index in [1.165, 1.54) is 12.1 Å². The second-order valence-electron chi connectivity index (χ2n) is 4.77. The summed E-state index contributed by atoms with van der Waals surface area (Å²) in [6.07, 6.45) is 0.361. The highest BCUT2D eigenvalue weighted by molar-refractivity contribution is 9.10. The molecule has 1 N–H and O–H groups in total. The van der Waals surface area contributed by atoms with Crippen molar-refractivity contribution < 1.29 is 13.6 Å². The molecule has 0 aliphatic rings. The molecule has 1 heterocycles. The van der Waals surface area contributed by atoms with Gasteiger partial charge < -0.3 is 4.42 Å². The number of anilines is 1. The van der Waals surface area contributed by atoms with Gasteiger partial charge in [-0.3, -0.25) is 10.1 Å². The van der Waals surface area contributed by atoms with E-state index in [4.69, 9.17) is 4.42 Å². The zero-order chi connectivity index (χ0) is 16.2. The maximum Gasteiger partial charge on any atom is 0.322 e. The monoisotopic (exact) mass is 375 g/mol. The Morgan fingerprint density at radius 1 is 1.17 bits per heavy atom. The Hall–Kier alpha value is -2.54. The van der Waals surface area contributed by atoms with Crippen LogP contribution in [-0.4, -0.2) is 16.1 Å². The van der Waals surface area contributed by atoms with E-state index >= 15 is 0 Å². The first-order valence-electron chi connectivity index (χ1n) is 6.74. The predicted molar refractivity (Wildman–Crippen MR) is 85.6 cm³/mol. The second-order valence-corrected chi connectivity index (χ2v) is 5.68. The van der Waals surface area contributed by atoms with E-state index in [-0.39, 0.29) is 17.7 Å². The molecule has 0 atom stereocenters. The SMILES string of the molecule is O=C(Nc1nnc(Cc2ccc(F)cc2)o1)c1cccc(Br)c1. The molecule has 1 aromatic heterocycles. The third-order valence-corrected chi connectivity index (χ3v) is 3.54. The van der Waals surface area contributed by atoms with Gasteiger partial charge in [-0.25, -0.2) is 4.39 Å². The molecule has 0 spiro atoms. The summed E-state index contributed by atoms with van der Waals surface area (Å²) in [5, 5.41) is 10.2. The van der Waals surface area contributed by atoms with Crippen LogP contribution in [0.1, 0.15) is 21.8 Å². The molecule has 1 amide bonds. The number of benzene rings is 2. The normalized spacial score (nSPS) is 10.5. The van der Waals surface area contributed by atoms with Crippen molar-refractivity contribution in [2.45, 2.75) is 6.42 Å². The minimum Gasteiger partial charge on any atom is -0.407 e. The molecule has 7 heteroatoms. The fraction of sp³-hybridized carbons (Fsp3) is 0.0625. The first kappa shape index (κ1) is 15.4. The van der Waals surface area contributed by atoms with Gasteiger partial charge in [0, 0.05) is 10.0 Å². The van der Waals surface area contributed by atoms with E-state index in [9.17, 15) is 9.18 Å². The van der Waals surface area contributed by atoms with Gasteiger partial charge in [0.25, 0.3) is 5.91 Å². The van der Waals surface area contributed by atoms with Crippen LogP contribution in [-0.2, 0) is 6.42 Å². The molecule has 0 saturated carbocycles. The number of carbonyl (C=O) groups is 1. The molecule has 23 heavy (non-hydrogen) atoms. The molecule has 0 fully saturated rings. The van der Waals surface area contributed by atoms with Crippen LogP contribution in [0.4, 0.5) is 10.4 Å². The number of nitrogens with zero attached hydrogens (tertiary/aromatic N) is 2. The van der Waals surface area contributed by atoms with Crippen molar-refractivity contribution in [3.8, 4) is 0 Å². The Bertz CT molecular complexity index is 833. The average Bonchev–Trinajstić information content (AvgIpc) is 2.96. The summed E-state index contributed by atoms with van der Waals surface area (Å²) in [5.41, 5.74) is 1.30. The van der Waals surface area contributed by atoms with Crippen LogP contribution in [0.15, 0.2) is 57.4 Å². The lowest BCUT2D eigenvalue weighted by atomic mass is 10.1. The summed E-state index contributed by atoms with van der Waals surface area (Å²) in [6.45, 7) is 0. The van der Waals surface area contributed by atoms with Crippen molar-refractivity contribution in [1.29, 1.82) is 0 Å². The molecular weight excluding hydrogens is 365 g/mol. The Balaban J connectivity index is 1.67. The fourth-order valence-corrected chi connectivity index (χ4v) is 2.35. The number of hydrogen-bond acceptors (Lipinski definition) is 4. The summed E-state index contributed by atoms with van der Waals surface area (Å²) in [5.74, 6) is -0.314. The Morgan fingerprint density at radius 2 is 1.96 bits per heavy atom. The van der Waals surface area contributed by atoms with Gasteiger partial charge in [-0.1, -0.05) is 39.2 Å². The zero-order valence-corrected chi connectivity index (χ0v) is 13.4. The summed E-state index contributed by atoms with van der Waals surface area (Å²) in [4.78, 5) is 12.1. The molecule has 3 aromatic rings. The lowest BCUT2D eigenvalue weighted by Crippen LogP contribution is -2.11. The van der Waals surface area contributed by atoms with Crippen molar-refractivity contribution in [2.75, 3.05) is 5.32 Å². The smallest absolute Gasteiger partial charge is 0.322 e. The largest absolute Gasteiger partial charge is 0.407 e. The molecule has 0 aliphatic heterocycles. The molecule has 0 aliphatic carbocycles. The number of rotatable bonds is 4. The minimum absolute atomic E-state index is 0.0205. The molecule has 0 radical (unpaired) electrons. The van der Waals surface area contributed by atoms with Crippen molar-refractivity contribution in [1.82, 2.24) is 10.2 Å².